The van der Waals surface area contributed by atoms with Crippen LogP contribution in [0, 0.1) is 5.92 Å². The second-order valence-electron chi connectivity index (χ2n) is 2.96. The van der Waals surface area contributed by atoms with Gasteiger partial charge in [0.15, 0.2) is 0 Å². The summed E-state index contributed by atoms with van der Waals surface area (Å²) < 4.78 is 0. The highest BCUT2D eigenvalue weighted by atomic mass is 32.2. The SMILES string of the molecule is CSCC1CCCCC1.[HH]. The van der Waals surface area contributed by atoms with Crippen LogP contribution < -0.4 is 0 Å². The lowest BCUT2D eigenvalue weighted by atomic mass is 9.91. The lowest BCUT2D eigenvalue weighted by molar-refractivity contribution is 0.391. The molecular weight excluding hydrogens is 128 g/mol. The van der Waals surface area contributed by atoms with Crippen molar-refractivity contribution in [2.45, 2.75) is 32.1 Å². The molecule has 0 radical (unpaired) electrons. The van der Waals surface area contributed by atoms with Gasteiger partial charge in [-0.1, -0.05) is 19.3 Å². The largest absolute Gasteiger partial charge is 0.165 e. The van der Waals surface area contributed by atoms with E-state index in [0.717, 1.165) is 5.92 Å². The van der Waals surface area contributed by atoms with Gasteiger partial charge in [0.05, 0.1) is 0 Å². The predicted octanol–water partition coefficient (Wildman–Crippen LogP) is 3.18. The fourth-order valence-corrected chi connectivity index (χ4v) is 2.39. The van der Waals surface area contributed by atoms with E-state index in [1.54, 1.807) is 0 Å². The third-order valence-electron chi connectivity index (χ3n) is 2.13. The van der Waals surface area contributed by atoms with Crippen molar-refractivity contribution in [3.8, 4) is 0 Å². The molecule has 56 valence electrons. The highest BCUT2D eigenvalue weighted by molar-refractivity contribution is 7.98. The predicted molar refractivity (Wildman–Crippen MR) is 47.1 cm³/mol. The van der Waals surface area contributed by atoms with Crippen molar-refractivity contribution in [2.75, 3.05) is 12.0 Å². The molecule has 0 saturated heterocycles. The highest BCUT2D eigenvalue weighted by Gasteiger charge is 2.11. The molecular formula is C8H18S. The van der Waals surface area contributed by atoms with E-state index in [2.05, 4.69) is 6.26 Å². The van der Waals surface area contributed by atoms with Gasteiger partial charge in [-0.3, -0.25) is 0 Å². The molecule has 0 N–H and O–H groups in total. The fourth-order valence-electron chi connectivity index (χ4n) is 1.59. The summed E-state index contributed by atoms with van der Waals surface area (Å²) in [6.45, 7) is 0. The van der Waals surface area contributed by atoms with Gasteiger partial charge in [-0.2, -0.15) is 11.8 Å². The molecule has 1 saturated carbocycles. The monoisotopic (exact) mass is 146 g/mol. The third kappa shape index (κ3) is 2.61. The van der Waals surface area contributed by atoms with Crippen LogP contribution in [0.1, 0.15) is 33.5 Å². The van der Waals surface area contributed by atoms with E-state index in [1.807, 2.05) is 11.8 Å². The lowest BCUT2D eigenvalue weighted by Crippen LogP contribution is -2.07. The average molecular weight is 146 g/mol. The highest BCUT2D eigenvalue weighted by Crippen LogP contribution is 2.25. The molecule has 1 aliphatic rings. The molecule has 0 amide bonds. The van der Waals surface area contributed by atoms with Crippen LogP contribution in [0.5, 0.6) is 0 Å². The normalized spacial score (nSPS) is 22.3. The Kier molecular flexibility index (Phi) is 3.49. The molecule has 0 aromatic carbocycles. The Morgan fingerprint density at radius 3 is 2.56 bits per heavy atom. The molecule has 0 atom stereocenters. The first kappa shape index (κ1) is 7.46. The summed E-state index contributed by atoms with van der Waals surface area (Å²) in [5.74, 6) is 2.47. The fraction of sp³-hybridized carbons (Fsp3) is 1.00. The van der Waals surface area contributed by atoms with Gasteiger partial charge in [0.1, 0.15) is 0 Å². The minimum absolute atomic E-state index is 0. The summed E-state index contributed by atoms with van der Waals surface area (Å²) in [5, 5.41) is 0. The summed E-state index contributed by atoms with van der Waals surface area (Å²) in [5.41, 5.74) is 0. The van der Waals surface area contributed by atoms with Gasteiger partial charge in [-0.15, -0.1) is 0 Å². The van der Waals surface area contributed by atoms with E-state index >= 15 is 0 Å². The second kappa shape index (κ2) is 4.21. The molecule has 9 heavy (non-hydrogen) atoms. The van der Waals surface area contributed by atoms with Crippen molar-refractivity contribution in [1.29, 1.82) is 0 Å². The van der Waals surface area contributed by atoms with Crippen LogP contribution in [0.3, 0.4) is 0 Å². The molecule has 1 rings (SSSR count). The minimum Gasteiger partial charge on any atom is -0.165 e. The zero-order valence-corrected chi connectivity index (χ0v) is 7.04. The molecule has 0 spiro atoms. The Balaban J connectivity index is 0.000000810. The van der Waals surface area contributed by atoms with Crippen LogP contribution in [0.15, 0.2) is 0 Å². The van der Waals surface area contributed by atoms with Gasteiger partial charge < -0.3 is 0 Å². The molecule has 0 unspecified atom stereocenters. The zero-order chi connectivity index (χ0) is 6.53. The van der Waals surface area contributed by atoms with E-state index in [1.165, 1.54) is 37.9 Å². The van der Waals surface area contributed by atoms with Crippen molar-refractivity contribution >= 4 is 11.8 Å². The molecule has 0 aromatic rings. The minimum atomic E-state index is 0. The quantitative estimate of drug-likeness (QED) is 0.576. The first-order valence-electron chi connectivity index (χ1n) is 3.92. The van der Waals surface area contributed by atoms with Crippen LogP contribution in [-0.4, -0.2) is 12.0 Å². The maximum Gasteiger partial charge on any atom is 0 e. The van der Waals surface area contributed by atoms with Crippen molar-refractivity contribution in [3.63, 3.8) is 0 Å². The number of rotatable bonds is 2. The zero-order valence-electron chi connectivity index (χ0n) is 6.23. The van der Waals surface area contributed by atoms with Gasteiger partial charge in [-0.25, -0.2) is 0 Å². The van der Waals surface area contributed by atoms with Crippen LogP contribution in [0.2, 0.25) is 0 Å². The molecule has 1 heteroatoms. The molecule has 0 aliphatic heterocycles. The van der Waals surface area contributed by atoms with Crippen molar-refractivity contribution in [3.05, 3.63) is 0 Å². The van der Waals surface area contributed by atoms with Crippen LogP contribution in [0.25, 0.3) is 0 Å². The van der Waals surface area contributed by atoms with Crippen molar-refractivity contribution in [2.24, 2.45) is 5.92 Å². The molecule has 1 aliphatic carbocycles. The molecule has 0 nitrogen and oxygen atoms in total. The Bertz CT molecular complexity index is 66.9. The molecule has 1 fully saturated rings. The Hall–Kier alpha value is 0.350. The van der Waals surface area contributed by atoms with Crippen LogP contribution in [-0.2, 0) is 0 Å². The smallest absolute Gasteiger partial charge is 0 e. The van der Waals surface area contributed by atoms with Crippen molar-refractivity contribution < 1.29 is 1.43 Å². The Labute approximate surface area is 63.9 Å². The van der Waals surface area contributed by atoms with E-state index in [9.17, 15) is 0 Å². The Morgan fingerprint density at radius 1 is 1.33 bits per heavy atom. The van der Waals surface area contributed by atoms with Gasteiger partial charge in [0, 0.05) is 1.43 Å². The summed E-state index contributed by atoms with van der Waals surface area (Å²) in [6, 6.07) is 0. The second-order valence-corrected chi connectivity index (χ2v) is 3.87. The summed E-state index contributed by atoms with van der Waals surface area (Å²) in [4.78, 5) is 0. The first-order valence-corrected chi connectivity index (χ1v) is 5.32. The average Bonchev–Trinajstić information content (AvgIpc) is 1.91. The van der Waals surface area contributed by atoms with Crippen molar-refractivity contribution in [1.82, 2.24) is 0 Å². The number of hydrogen-bond donors (Lipinski definition) is 0. The van der Waals surface area contributed by atoms with E-state index in [0.29, 0.717) is 0 Å². The van der Waals surface area contributed by atoms with Gasteiger partial charge in [0.2, 0.25) is 0 Å². The number of thioether (sulfide) groups is 1. The summed E-state index contributed by atoms with van der Waals surface area (Å²) in [6.07, 6.45) is 9.69. The molecule has 0 heterocycles. The number of hydrogen-bond acceptors (Lipinski definition) is 1. The molecule has 0 aromatic heterocycles. The van der Waals surface area contributed by atoms with Gasteiger partial charge in [0.25, 0.3) is 0 Å². The van der Waals surface area contributed by atoms with Gasteiger partial charge >= 0.3 is 0 Å². The maximum absolute atomic E-state index is 2.22. The third-order valence-corrected chi connectivity index (χ3v) is 2.93. The summed E-state index contributed by atoms with van der Waals surface area (Å²) in [7, 11) is 0. The maximum atomic E-state index is 2.22. The van der Waals surface area contributed by atoms with E-state index < -0.39 is 0 Å². The topological polar surface area (TPSA) is 0 Å². The summed E-state index contributed by atoms with van der Waals surface area (Å²) >= 11 is 2.01. The van der Waals surface area contributed by atoms with Gasteiger partial charge in [-0.05, 0) is 30.8 Å². The first-order chi connectivity index (χ1) is 4.43. The Morgan fingerprint density at radius 2 is 2.00 bits per heavy atom. The lowest BCUT2D eigenvalue weighted by Gasteiger charge is -2.19. The van der Waals surface area contributed by atoms with E-state index in [-0.39, 0.29) is 1.43 Å². The van der Waals surface area contributed by atoms with Crippen LogP contribution in [0.4, 0.5) is 0 Å². The van der Waals surface area contributed by atoms with E-state index in [4.69, 9.17) is 0 Å². The molecule has 0 bridgehead atoms. The standard InChI is InChI=1S/C8H16S.H2/c1-9-7-8-5-3-2-4-6-8;/h8H,2-7H2,1H3;1H. The van der Waals surface area contributed by atoms with Crippen LogP contribution >= 0.6 is 11.8 Å².